The number of likely N-dealkylation sites (N-methyl/N-ethyl adjacent to an activating group) is 1. The van der Waals surface area contributed by atoms with Gasteiger partial charge in [-0.25, -0.2) is 0 Å². The van der Waals surface area contributed by atoms with Crippen LogP contribution in [0.4, 0.5) is 0 Å². The number of hydrogen-bond acceptors (Lipinski definition) is 1. The second kappa shape index (κ2) is 6.46. The maximum absolute atomic E-state index is 3.36. The van der Waals surface area contributed by atoms with Gasteiger partial charge in [-0.15, -0.1) is 0 Å². The summed E-state index contributed by atoms with van der Waals surface area (Å²) < 4.78 is 2.29. The summed E-state index contributed by atoms with van der Waals surface area (Å²) in [5, 5.41) is 3.36. The molecule has 0 bridgehead atoms. The Morgan fingerprint density at radius 2 is 2.27 bits per heavy atom. The van der Waals surface area contributed by atoms with Gasteiger partial charge in [-0.05, 0) is 38.1 Å². The highest BCUT2D eigenvalue weighted by Gasteiger charge is 1.96. The number of aryl methyl sites for hydroxylation is 1. The highest BCUT2D eigenvalue weighted by molar-refractivity contribution is 5.46. The molecule has 1 heterocycles. The van der Waals surface area contributed by atoms with E-state index in [9.17, 15) is 0 Å². The van der Waals surface area contributed by atoms with Crippen LogP contribution in [-0.4, -0.2) is 17.2 Å². The fourth-order valence-electron chi connectivity index (χ4n) is 1.66. The summed E-state index contributed by atoms with van der Waals surface area (Å²) in [4.78, 5) is 0. The van der Waals surface area contributed by atoms with Crippen LogP contribution in [0, 0.1) is 0 Å². The monoisotopic (exact) mass is 206 g/mol. The van der Waals surface area contributed by atoms with Gasteiger partial charge in [-0.1, -0.05) is 19.9 Å². The summed E-state index contributed by atoms with van der Waals surface area (Å²) in [6, 6.07) is 4.71. The van der Waals surface area contributed by atoms with Crippen LogP contribution in [-0.2, 0) is 6.54 Å². The molecule has 0 aliphatic heterocycles. The lowest BCUT2D eigenvalue weighted by atomic mass is 10.2. The van der Waals surface area contributed by atoms with Gasteiger partial charge in [0.15, 0.2) is 0 Å². The minimum absolute atomic E-state index is 0.444. The first-order valence-electron chi connectivity index (χ1n) is 5.84. The number of nitrogens with one attached hydrogen (secondary N) is 1. The van der Waals surface area contributed by atoms with Crippen LogP contribution >= 0.6 is 0 Å². The first-order valence-corrected chi connectivity index (χ1v) is 5.84. The molecule has 84 valence electrons. The van der Waals surface area contributed by atoms with E-state index in [-0.39, 0.29) is 0 Å². The third kappa shape index (κ3) is 3.92. The van der Waals surface area contributed by atoms with Crippen LogP contribution in [0.25, 0.3) is 6.08 Å². The number of nitrogens with zero attached hydrogens (tertiary/aromatic N) is 1. The van der Waals surface area contributed by atoms with Gasteiger partial charge in [-0.3, -0.25) is 0 Å². The molecule has 0 saturated heterocycles. The van der Waals surface area contributed by atoms with Crippen LogP contribution in [0.2, 0.25) is 0 Å². The second-order valence-corrected chi connectivity index (χ2v) is 3.83. The highest BCUT2D eigenvalue weighted by Crippen LogP contribution is 2.06. The third-order valence-corrected chi connectivity index (χ3v) is 2.41. The van der Waals surface area contributed by atoms with Crippen molar-refractivity contribution in [2.45, 2.75) is 39.8 Å². The second-order valence-electron chi connectivity index (χ2n) is 3.83. The summed E-state index contributed by atoms with van der Waals surface area (Å²) >= 11 is 0. The fourth-order valence-corrected chi connectivity index (χ4v) is 1.66. The number of hydrogen-bond donors (Lipinski definition) is 1. The molecule has 1 atom stereocenters. The van der Waals surface area contributed by atoms with Crippen LogP contribution in [0.1, 0.15) is 32.9 Å². The summed E-state index contributed by atoms with van der Waals surface area (Å²) in [5.74, 6) is 0. The van der Waals surface area contributed by atoms with E-state index in [1.165, 1.54) is 12.1 Å². The van der Waals surface area contributed by atoms with E-state index in [2.05, 4.69) is 61.1 Å². The van der Waals surface area contributed by atoms with Crippen LogP contribution < -0.4 is 5.32 Å². The molecule has 0 radical (unpaired) electrons. The molecule has 1 aromatic rings. The topological polar surface area (TPSA) is 17.0 Å². The first-order chi connectivity index (χ1) is 7.27. The van der Waals surface area contributed by atoms with Gasteiger partial charge in [0, 0.05) is 24.5 Å². The Kier molecular flexibility index (Phi) is 5.19. The summed E-state index contributed by atoms with van der Waals surface area (Å²) in [7, 11) is 0. The van der Waals surface area contributed by atoms with Crippen molar-refractivity contribution in [3.05, 3.63) is 30.1 Å². The molecule has 0 amide bonds. The van der Waals surface area contributed by atoms with Gasteiger partial charge in [-0.2, -0.15) is 0 Å². The summed E-state index contributed by atoms with van der Waals surface area (Å²) in [6.45, 7) is 8.62. The first kappa shape index (κ1) is 12.1. The molecular weight excluding hydrogens is 184 g/mol. The van der Waals surface area contributed by atoms with Gasteiger partial charge in [0.05, 0.1) is 0 Å². The molecule has 0 aliphatic rings. The minimum atomic E-state index is 0.444. The lowest BCUT2D eigenvalue weighted by Crippen LogP contribution is -2.22. The van der Waals surface area contributed by atoms with Gasteiger partial charge < -0.3 is 9.88 Å². The van der Waals surface area contributed by atoms with E-state index in [0.29, 0.717) is 6.04 Å². The zero-order chi connectivity index (χ0) is 11.1. The van der Waals surface area contributed by atoms with E-state index < -0.39 is 0 Å². The molecule has 0 aliphatic carbocycles. The standard InChI is InChI=1S/C13H22N2/c1-4-10-15-11-6-7-13(15)9-8-12(3)14-5-2/h6-9,11-12,14H,4-5,10H2,1-3H3/b9-8+. The van der Waals surface area contributed by atoms with Gasteiger partial charge in [0.2, 0.25) is 0 Å². The molecule has 0 spiro atoms. The van der Waals surface area contributed by atoms with Crippen LogP contribution in [0.5, 0.6) is 0 Å². The summed E-state index contributed by atoms with van der Waals surface area (Å²) in [6.07, 6.45) is 7.73. The van der Waals surface area contributed by atoms with Gasteiger partial charge >= 0.3 is 0 Å². The Bertz CT molecular complexity index is 299. The van der Waals surface area contributed by atoms with Crippen molar-refractivity contribution < 1.29 is 0 Å². The zero-order valence-corrected chi connectivity index (χ0v) is 10.0. The smallest absolute Gasteiger partial charge is 0.0403 e. The average Bonchev–Trinajstić information content (AvgIpc) is 2.64. The Labute approximate surface area is 93.0 Å². The van der Waals surface area contributed by atoms with Crippen molar-refractivity contribution in [1.82, 2.24) is 9.88 Å². The van der Waals surface area contributed by atoms with Gasteiger partial charge in [0.25, 0.3) is 0 Å². The Morgan fingerprint density at radius 1 is 1.47 bits per heavy atom. The van der Waals surface area contributed by atoms with Crippen molar-refractivity contribution in [3.8, 4) is 0 Å². The van der Waals surface area contributed by atoms with E-state index >= 15 is 0 Å². The lowest BCUT2D eigenvalue weighted by molar-refractivity contribution is 0.659. The van der Waals surface area contributed by atoms with Crippen molar-refractivity contribution in [2.24, 2.45) is 0 Å². The van der Waals surface area contributed by atoms with Crippen molar-refractivity contribution >= 4 is 6.08 Å². The van der Waals surface area contributed by atoms with Crippen LogP contribution in [0.3, 0.4) is 0 Å². The number of rotatable bonds is 6. The largest absolute Gasteiger partial charge is 0.348 e. The molecule has 0 fully saturated rings. The van der Waals surface area contributed by atoms with Gasteiger partial charge in [0.1, 0.15) is 0 Å². The molecule has 1 aromatic heterocycles. The lowest BCUT2D eigenvalue weighted by Gasteiger charge is -2.07. The Morgan fingerprint density at radius 3 is 2.93 bits per heavy atom. The Hall–Kier alpha value is -1.02. The highest BCUT2D eigenvalue weighted by atomic mass is 15.0. The maximum atomic E-state index is 3.36. The summed E-state index contributed by atoms with van der Waals surface area (Å²) in [5.41, 5.74) is 1.29. The van der Waals surface area contributed by atoms with E-state index in [1.54, 1.807) is 0 Å². The zero-order valence-electron chi connectivity index (χ0n) is 10.0. The normalized spacial score (nSPS) is 13.5. The maximum Gasteiger partial charge on any atom is 0.0403 e. The molecule has 2 nitrogen and oxygen atoms in total. The molecule has 15 heavy (non-hydrogen) atoms. The quantitative estimate of drug-likeness (QED) is 0.757. The van der Waals surface area contributed by atoms with Crippen LogP contribution in [0.15, 0.2) is 24.4 Å². The van der Waals surface area contributed by atoms with E-state index in [4.69, 9.17) is 0 Å². The SMILES string of the molecule is CCCn1cccc1/C=C/C(C)NCC. The molecule has 1 rings (SSSR count). The number of aromatic nitrogens is 1. The molecular formula is C13H22N2. The molecule has 1 unspecified atom stereocenters. The molecule has 0 saturated carbocycles. The van der Waals surface area contributed by atoms with E-state index in [1.807, 2.05) is 0 Å². The molecule has 0 aromatic carbocycles. The van der Waals surface area contributed by atoms with E-state index in [0.717, 1.165) is 13.1 Å². The molecule has 2 heteroatoms. The fraction of sp³-hybridized carbons (Fsp3) is 0.538. The van der Waals surface area contributed by atoms with Crippen molar-refractivity contribution in [2.75, 3.05) is 6.54 Å². The predicted octanol–water partition coefficient (Wildman–Crippen LogP) is 2.91. The minimum Gasteiger partial charge on any atom is -0.348 e. The van der Waals surface area contributed by atoms with Crippen molar-refractivity contribution in [3.63, 3.8) is 0 Å². The predicted molar refractivity (Wildman–Crippen MR) is 66.9 cm³/mol. The third-order valence-electron chi connectivity index (χ3n) is 2.41. The average molecular weight is 206 g/mol. The molecule has 1 N–H and O–H groups in total. The van der Waals surface area contributed by atoms with Crippen molar-refractivity contribution in [1.29, 1.82) is 0 Å². The Balaban J connectivity index is 2.58.